The summed E-state index contributed by atoms with van der Waals surface area (Å²) in [6.07, 6.45) is -1.54. The third-order valence-electron chi connectivity index (χ3n) is 2.72. The highest BCUT2D eigenvalue weighted by molar-refractivity contribution is 5.88. The third-order valence-corrected chi connectivity index (χ3v) is 2.72. The van der Waals surface area contributed by atoms with Crippen LogP contribution in [-0.4, -0.2) is 46.6 Å². The van der Waals surface area contributed by atoms with Gasteiger partial charge in [-0.05, 0) is 18.2 Å². The molecule has 1 aromatic carbocycles. The van der Waals surface area contributed by atoms with Crippen molar-refractivity contribution in [3.63, 3.8) is 0 Å². The van der Waals surface area contributed by atoms with Crippen LogP contribution in [0.2, 0.25) is 0 Å². The van der Waals surface area contributed by atoms with E-state index in [-0.39, 0.29) is 5.56 Å². The molecule has 2 unspecified atom stereocenters. The zero-order valence-corrected chi connectivity index (χ0v) is 8.58. The van der Waals surface area contributed by atoms with E-state index >= 15 is 0 Å². The molecule has 3 N–H and O–H groups in total. The molecule has 0 spiro atoms. The number of benzene rings is 1. The van der Waals surface area contributed by atoms with Crippen LogP contribution in [0.15, 0.2) is 24.3 Å². The molecule has 5 nitrogen and oxygen atoms in total. The third kappa shape index (κ3) is 2.00. The number of nitrogens with zero attached hydrogens (tertiary/aromatic N) is 1. The van der Waals surface area contributed by atoms with Crippen molar-refractivity contribution in [1.82, 2.24) is 0 Å². The summed E-state index contributed by atoms with van der Waals surface area (Å²) in [5.41, 5.74) is 0.906. The smallest absolute Gasteiger partial charge is 0.335 e. The summed E-state index contributed by atoms with van der Waals surface area (Å²) in [6, 6.07) is 6.45. The Kier molecular flexibility index (Phi) is 2.80. The first-order valence-corrected chi connectivity index (χ1v) is 5.02. The lowest BCUT2D eigenvalue weighted by Crippen LogP contribution is -2.22. The Balaban J connectivity index is 2.21. The number of β-amino-alcohol motifs (C(OH)–C–C–N with tert-alkyl or cyclic N) is 2. The summed E-state index contributed by atoms with van der Waals surface area (Å²) < 4.78 is 0. The molecule has 1 heterocycles. The number of aromatic carboxylic acids is 1. The number of carboxylic acids is 1. The summed E-state index contributed by atoms with van der Waals surface area (Å²) in [5, 5.41) is 27.6. The largest absolute Gasteiger partial charge is 0.478 e. The first kappa shape index (κ1) is 10.9. The Morgan fingerprint density at radius 2 is 1.88 bits per heavy atom. The van der Waals surface area contributed by atoms with Crippen LogP contribution in [0, 0.1) is 0 Å². The van der Waals surface area contributed by atoms with E-state index in [0.29, 0.717) is 18.8 Å². The van der Waals surface area contributed by atoms with Crippen LogP contribution in [0.4, 0.5) is 5.69 Å². The van der Waals surface area contributed by atoms with Crippen LogP contribution in [-0.2, 0) is 0 Å². The number of anilines is 1. The lowest BCUT2D eigenvalue weighted by Gasteiger charge is -2.17. The van der Waals surface area contributed by atoms with Gasteiger partial charge in [-0.15, -0.1) is 0 Å². The first-order valence-electron chi connectivity index (χ1n) is 5.02. The molecule has 0 saturated carbocycles. The van der Waals surface area contributed by atoms with Gasteiger partial charge < -0.3 is 20.2 Å². The van der Waals surface area contributed by atoms with Gasteiger partial charge in [0.1, 0.15) is 0 Å². The normalized spacial score (nSPS) is 24.8. The van der Waals surface area contributed by atoms with Gasteiger partial charge in [-0.2, -0.15) is 0 Å². The molecular formula is C11H13NO4. The highest BCUT2D eigenvalue weighted by Gasteiger charge is 2.29. The summed E-state index contributed by atoms with van der Waals surface area (Å²) in [7, 11) is 0. The van der Waals surface area contributed by atoms with Crippen LogP contribution in [0.25, 0.3) is 0 Å². The zero-order valence-electron chi connectivity index (χ0n) is 8.58. The van der Waals surface area contributed by atoms with Gasteiger partial charge in [-0.25, -0.2) is 4.79 Å². The van der Waals surface area contributed by atoms with Gasteiger partial charge in [0.15, 0.2) is 0 Å². The summed E-state index contributed by atoms with van der Waals surface area (Å²) in [6.45, 7) is 0.647. The van der Waals surface area contributed by atoms with Crippen LogP contribution >= 0.6 is 0 Å². The van der Waals surface area contributed by atoms with Crippen molar-refractivity contribution < 1.29 is 20.1 Å². The fraction of sp³-hybridized carbons (Fsp3) is 0.364. The molecule has 0 aromatic heterocycles. The molecule has 0 amide bonds. The number of carbonyl (C=O) groups is 1. The highest BCUT2D eigenvalue weighted by Crippen LogP contribution is 2.21. The van der Waals surface area contributed by atoms with Crippen molar-refractivity contribution in [3.8, 4) is 0 Å². The summed E-state index contributed by atoms with van der Waals surface area (Å²) >= 11 is 0. The minimum Gasteiger partial charge on any atom is -0.478 e. The Morgan fingerprint density at radius 1 is 1.25 bits per heavy atom. The zero-order chi connectivity index (χ0) is 11.7. The molecule has 2 rings (SSSR count). The van der Waals surface area contributed by atoms with Crippen LogP contribution in [0.5, 0.6) is 0 Å². The lowest BCUT2D eigenvalue weighted by molar-refractivity contribution is 0.0572. The topological polar surface area (TPSA) is 81.0 Å². The van der Waals surface area contributed by atoms with E-state index in [2.05, 4.69) is 0 Å². The second-order valence-corrected chi connectivity index (χ2v) is 3.90. The van der Waals surface area contributed by atoms with Crippen molar-refractivity contribution in [1.29, 1.82) is 0 Å². The average Bonchev–Trinajstić information content (AvgIpc) is 2.59. The number of aliphatic hydroxyl groups excluding tert-OH is 2. The van der Waals surface area contributed by atoms with E-state index in [9.17, 15) is 15.0 Å². The molecule has 5 heteroatoms. The SMILES string of the molecule is O=C(O)c1cccc(N2CC(O)C(O)C2)c1. The maximum Gasteiger partial charge on any atom is 0.335 e. The molecule has 1 aliphatic rings. The molecule has 16 heavy (non-hydrogen) atoms. The molecular weight excluding hydrogens is 210 g/mol. The van der Waals surface area contributed by atoms with Crippen LogP contribution < -0.4 is 4.90 Å². The number of carboxylic acid groups (broad SMARTS) is 1. The molecule has 1 aromatic rings. The first-order chi connectivity index (χ1) is 7.58. The van der Waals surface area contributed by atoms with Crippen molar-refractivity contribution in [2.75, 3.05) is 18.0 Å². The van der Waals surface area contributed by atoms with E-state index in [1.807, 2.05) is 0 Å². The standard InChI is InChI=1S/C11H13NO4/c13-9-5-12(6-10(9)14)8-3-1-2-7(4-8)11(15)16/h1-4,9-10,13-14H,5-6H2,(H,15,16). The highest BCUT2D eigenvalue weighted by atomic mass is 16.4. The van der Waals surface area contributed by atoms with E-state index in [0.717, 1.165) is 0 Å². The monoisotopic (exact) mass is 223 g/mol. The van der Waals surface area contributed by atoms with Gasteiger partial charge in [-0.1, -0.05) is 6.07 Å². The second kappa shape index (κ2) is 4.11. The fourth-order valence-electron chi connectivity index (χ4n) is 1.82. The maximum absolute atomic E-state index is 10.8. The number of aliphatic hydroxyl groups is 2. The Hall–Kier alpha value is -1.59. The van der Waals surface area contributed by atoms with Crippen molar-refractivity contribution in [2.24, 2.45) is 0 Å². The van der Waals surface area contributed by atoms with E-state index < -0.39 is 18.2 Å². The van der Waals surface area contributed by atoms with Gasteiger partial charge >= 0.3 is 5.97 Å². The quantitative estimate of drug-likeness (QED) is 0.653. The van der Waals surface area contributed by atoms with Gasteiger partial charge in [0.05, 0.1) is 17.8 Å². The molecule has 0 radical (unpaired) electrons. The van der Waals surface area contributed by atoms with E-state index in [4.69, 9.17) is 5.11 Å². The van der Waals surface area contributed by atoms with E-state index in [1.165, 1.54) is 12.1 Å². The minimum atomic E-state index is -0.984. The van der Waals surface area contributed by atoms with Gasteiger partial charge in [-0.3, -0.25) is 0 Å². The average molecular weight is 223 g/mol. The molecule has 1 fully saturated rings. The van der Waals surface area contributed by atoms with Crippen molar-refractivity contribution in [2.45, 2.75) is 12.2 Å². The molecule has 86 valence electrons. The predicted octanol–water partition coefficient (Wildman–Crippen LogP) is -0.0734. The molecule has 0 bridgehead atoms. The minimum absolute atomic E-state index is 0.202. The van der Waals surface area contributed by atoms with Gasteiger partial charge in [0.2, 0.25) is 0 Å². The number of rotatable bonds is 2. The second-order valence-electron chi connectivity index (χ2n) is 3.90. The van der Waals surface area contributed by atoms with Gasteiger partial charge in [0.25, 0.3) is 0 Å². The van der Waals surface area contributed by atoms with E-state index in [1.54, 1.807) is 17.0 Å². The van der Waals surface area contributed by atoms with Gasteiger partial charge in [0, 0.05) is 18.8 Å². The lowest BCUT2D eigenvalue weighted by atomic mass is 10.2. The van der Waals surface area contributed by atoms with Crippen molar-refractivity contribution in [3.05, 3.63) is 29.8 Å². The predicted molar refractivity (Wildman–Crippen MR) is 57.6 cm³/mol. The Morgan fingerprint density at radius 3 is 2.44 bits per heavy atom. The number of hydrogen-bond acceptors (Lipinski definition) is 4. The maximum atomic E-state index is 10.8. The van der Waals surface area contributed by atoms with Crippen molar-refractivity contribution >= 4 is 11.7 Å². The molecule has 1 saturated heterocycles. The number of hydrogen-bond donors (Lipinski definition) is 3. The Labute approximate surface area is 92.6 Å². The molecule has 0 aliphatic carbocycles. The Bertz CT molecular complexity index is 397. The summed E-state index contributed by atoms with van der Waals surface area (Å²) in [5.74, 6) is -0.984. The fourth-order valence-corrected chi connectivity index (χ4v) is 1.82. The van der Waals surface area contributed by atoms with Crippen LogP contribution in [0.1, 0.15) is 10.4 Å². The molecule has 2 atom stereocenters. The van der Waals surface area contributed by atoms with Crippen LogP contribution in [0.3, 0.4) is 0 Å². The summed E-state index contributed by atoms with van der Waals surface area (Å²) in [4.78, 5) is 12.5. The molecule has 1 aliphatic heterocycles.